The number of anilines is 1. The van der Waals surface area contributed by atoms with Gasteiger partial charge in [-0.1, -0.05) is 37.3 Å². The van der Waals surface area contributed by atoms with Gasteiger partial charge in [-0.05, 0) is 35.2 Å². The van der Waals surface area contributed by atoms with Gasteiger partial charge in [0.2, 0.25) is 10.0 Å². The van der Waals surface area contributed by atoms with Crippen LogP contribution in [0.4, 0.5) is 5.69 Å². The molecule has 0 bridgehead atoms. The number of fused-ring (bicyclic) bond motifs is 1. The molecule has 1 aromatic heterocycles. The van der Waals surface area contributed by atoms with E-state index in [0.717, 1.165) is 22.5 Å². The molecule has 0 radical (unpaired) electrons. The molecule has 0 saturated carbocycles. The predicted octanol–water partition coefficient (Wildman–Crippen LogP) is 3.24. The Morgan fingerprint density at radius 3 is 2.68 bits per heavy atom. The number of H-pyrrole nitrogens is 1. The number of nitriles is 1. The third-order valence-corrected chi connectivity index (χ3v) is 7.14. The highest BCUT2D eigenvalue weighted by molar-refractivity contribution is 7.88. The minimum absolute atomic E-state index is 0.0256. The Morgan fingerprint density at radius 2 is 2.03 bits per heavy atom. The summed E-state index contributed by atoms with van der Waals surface area (Å²) in [5, 5.41) is 9.39. The van der Waals surface area contributed by atoms with Gasteiger partial charge in [0.15, 0.2) is 0 Å². The van der Waals surface area contributed by atoms with Crippen LogP contribution < -0.4 is 4.90 Å². The Kier molecular flexibility index (Phi) is 5.81. The average Bonchev–Trinajstić information content (AvgIpc) is 3.21. The van der Waals surface area contributed by atoms with Crippen LogP contribution in [-0.2, 0) is 23.1 Å². The molecule has 0 spiro atoms. The predicted molar refractivity (Wildman–Crippen MR) is 120 cm³/mol. The molecule has 0 saturated heterocycles. The van der Waals surface area contributed by atoms with E-state index in [-0.39, 0.29) is 18.5 Å². The molecular weight excluding hydrogens is 410 g/mol. The molecule has 1 aliphatic heterocycles. The number of sulfonamides is 1. The van der Waals surface area contributed by atoms with Gasteiger partial charge < -0.3 is 9.88 Å². The maximum atomic E-state index is 12.9. The smallest absolute Gasteiger partial charge is 0.211 e. The van der Waals surface area contributed by atoms with E-state index in [1.165, 1.54) is 6.26 Å². The lowest BCUT2D eigenvalue weighted by molar-refractivity contribution is 0.290. The number of nitrogens with one attached hydrogen (secondary N) is 1. The molecule has 4 rings (SSSR count). The fourth-order valence-electron chi connectivity index (χ4n) is 4.26. The summed E-state index contributed by atoms with van der Waals surface area (Å²) in [6.07, 6.45) is 4.74. The Balaban J connectivity index is 1.82. The molecule has 0 fully saturated rings. The molecule has 2 atom stereocenters. The summed E-state index contributed by atoms with van der Waals surface area (Å²) in [7, 11) is -3.50. The van der Waals surface area contributed by atoms with Crippen molar-refractivity contribution in [3.05, 3.63) is 83.4 Å². The van der Waals surface area contributed by atoms with E-state index >= 15 is 0 Å². The second-order valence-electron chi connectivity index (χ2n) is 7.97. The number of benzene rings is 2. The first kappa shape index (κ1) is 21.1. The first-order chi connectivity index (χ1) is 14.9. The number of aromatic amines is 1. The summed E-state index contributed by atoms with van der Waals surface area (Å²) in [5.74, 6) is -0.0256. The molecule has 1 unspecified atom stereocenters. The van der Waals surface area contributed by atoms with Gasteiger partial charge in [0.25, 0.3) is 0 Å². The molecule has 160 valence electrons. The Labute approximate surface area is 183 Å². The zero-order chi connectivity index (χ0) is 22.0. The third kappa shape index (κ3) is 4.48. The number of hydrogen-bond donors (Lipinski definition) is 1. The van der Waals surface area contributed by atoms with E-state index in [2.05, 4.69) is 27.9 Å². The lowest BCUT2D eigenvalue weighted by atomic mass is 9.93. The molecular formula is C23H25N5O2S. The van der Waals surface area contributed by atoms with E-state index in [9.17, 15) is 13.7 Å². The van der Waals surface area contributed by atoms with Gasteiger partial charge in [0.05, 0.1) is 36.5 Å². The van der Waals surface area contributed by atoms with E-state index in [4.69, 9.17) is 0 Å². The standard InChI is InChI=1S/C23H25N5O2S/c1-17(19-6-4-3-5-7-19)23-15-27(14-21-12-25-16-26-21)22-9-8-18(11-24)10-20(22)13-28(23)31(2,29)30/h3-10,12,16-17,23H,13-15H2,1-2H3,(H,25,26)/t17-,23?/m0/s1. The SMILES string of the molecule is C[C@@H](c1ccccc1)C1CN(Cc2c[nH]cn2)c2ccc(C#N)cc2CN1S(C)(=O)=O. The van der Waals surface area contributed by atoms with Gasteiger partial charge in [0, 0.05) is 31.0 Å². The largest absolute Gasteiger partial charge is 0.364 e. The summed E-state index contributed by atoms with van der Waals surface area (Å²) in [5.41, 5.74) is 4.22. The van der Waals surface area contributed by atoms with Gasteiger partial charge in [-0.15, -0.1) is 0 Å². The molecule has 2 heterocycles. The maximum Gasteiger partial charge on any atom is 0.211 e. The molecule has 31 heavy (non-hydrogen) atoms. The second-order valence-corrected chi connectivity index (χ2v) is 9.91. The van der Waals surface area contributed by atoms with Gasteiger partial charge in [0.1, 0.15) is 0 Å². The highest BCUT2D eigenvalue weighted by atomic mass is 32.2. The highest BCUT2D eigenvalue weighted by Gasteiger charge is 2.37. The van der Waals surface area contributed by atoms with Crippen molar-refractivity contribution in [3.63, 3.8) is 0 Å². The van der Waals surface area contributed by atoms with Crippen molar-refractivity contribution in [2.24, 2.45) is 0 Å². The van der Waals surface area contributed by atoms with Crippen LogP contribution in [0.2, 0.25) is 0 Å². The van der Waals surface area contributed by atoms with E-state index in [1.54, 1.807) is 22.8 Å². The molecule has 7 nitrogen and oxygen atoms in total. The molecule has 0 amide bonds. The van der Waals surface area contributed by atoms with Crippen LogP contribution in [0.3, 0.4) is 0 Å². The van der Waals surface area contributed by atoms with Crippen molar-refractivity contribution < 1.29 is 8.42 Å². The zero-order valence-electron chi connectivity index (χ0n) is 17.6. The van der Waals surface area contributed by atoms with Crippen molar-refractivity contribution in [3.8, 4) is 6.07 Å². The number of imidazole rings is 1. The molecule has 1 aliphatic rings. The van der Waals surface area contributed by atoms with Crippen LogP contribution in [0.5, 0.6) is 0 Å². The average molecular weight is 436 g/mol. The number of aromatic nitrogens is 2. The van der Waals surface area contributed by atoms with Crippen LogP contribution in [-0.4, -0.2) is 41.5 Å². The monoisotopic (exact) mass is 435 g/mol. The van der Waals surface area contributed by atoms with Crippen molar-refractivity contribution in [1.29, 1.82) is 5.26 Å². The van der Waals surface area contributed by atoms with E-state index in [1.807, 2.05) is 42.6 Å². The summed E-state index contributed by atoms with van der Waals surface area (Å²) < 4.78 is 27.4. The molecule has 3 aromatic rings. The quantitative estimate of drug-likeness (QED) is 0.664. The van der Waals surface area contributed by atoms with Crippen LogP contribution in [0.15, 0.2) is 61.1 Å². The Hall–Kier alpha value is -3.15. The van der Waals surface area contributed by atoms with Crippen LogP contribution in [0.1, 0.15) is 35.2 Å². The number of nitrogens with zero attached hydrogens (tertiary/aromatic N) is 4. The summed E-state index contributed by atoms with van der Waals surface area (Å²) in [6.45, 7) is 3.34. The Morgan fingerprint density at radius 1 is 1.26 bits per heavy atom. The fourth-order valence-corrected chi connectivity index (χ4v) is 5.38. The first-order valence-electron chi connectivity index (χ1n) is 10.1. The molecule has 8 heteroatoms. The summed E-state index contributed by atoms with van der Waals surface area (Å²) >= 11 is 0. The van der Waals surface area contributed by atoms with Gasteiger partial charge in [-0.25, -0.2) is 13.4 Å². The number of rotatable bonds is 5. The van der Waals surface area contributed by atoms with Crippen molar-refractivity contribution in [1.82, 2.24) is 14.3 Å². The minimum atomic E-state index is -3.50. The Bertz CT molecular complexity index is 1190. The van der Waals surface area contributed by atoms with Gasteiger partial charge in [-0.2, -0.15) is 9.57 Å². The minimum Gasteiger partial charge on any atom is -0.364 e. The molecule has 1 N–H and O–H groups in total. The van der Waals surface area contributed by atoms with Crippen molar-refractivity contribution in [2.75, 3.05) is 17.7 Å². The lowest BCUT2D eigenvalue weighted by Crippen LogP contribution is -2.46. The van der Waals surface area contributed by atoms with E-state index in [0.29, 0.717) is 18.7 Å². The topological polar surface area (TPSA) is 93.1 Å². The van der Waals surface area contributed by atoms with Gasteiger partial charge >= 0.3 is 0 Å². The first-order valence-corrected chi connectivity index (χ1v) is 12.0. The van der Waals surface area contributed by atoms with Gasteiger partial charge in [-0.3, -0.25) is 0 Å². The maximum absolute atomic E-state index is 12.9. The van der Waals surface area contributed by atoms with Crippen molar-refractivity contribution in [2.45, 2.75) is 32.0 Å². The molecule has 0 aliphatic carbocycles. The summed E-state index contributed by atoms with van der Waals surface area (Å²) in [4.78, 5) is 9.51. The van der Waals surface area contributed by atoms with E-state index < -0.39 is 10.0 Å². The number of hydrogen-bond acceptors (Lipinski definition) is 5. The normalized spacial score (nSPS) is 18.1. The van der Waals surface area contributed by atoms with Crippen LogP contribution >= 0.6 is 0 Å². The highest BCUT2D eigenvalue weighted by Crippen LogP contribution is 2.35. The van der Waals surface area contributed by atoms with Crippen LogP contribution in [0.25, 0.3) is 0 Å². The fraction of sp³-hybridized carbons (Fsp3) is 0.304. The third-order valence-electron chi connectivity index (χ3n) is 5.89. The lowest BCUT2D eigenvalue weighted by Gasteiger charge is -2.35. The summed E-state index contributed by atoms with van der Waals surface area (Å²) in [6, 6.07) is 17.4. The van der Waals surface area contributed by atoms with Crippen LogP contribution in [0, 0.1) is 11.3 Å². The molecule has 2 aromatic carbocycles. The van der Waals surface area contributed by atoms with Crippen molar-refractivity contribution >= 4 is 15.7 Å². The zero-order valence-corrected chi connectivity index (χ0v) is 18.4. The second kappa shape index (κ2) is 8.53.